The monoisotopic (exact) mass is 843 g/mol. The summed E-state index contributed by atoms with van der Waals surface area (Å²) in [7, 11) is 1.23. The largest absolute Gasteiger partial charge is 0.459 e. The number of esters is 1. The minimum atomic E-state index is -1.38. The number of fused-ring (bicyclic) bond motifs is 1. The molecular formula is C46H65N7O8. The van der Waals surface area contributed by atoms with Crippen molar-refractivity contribution in [3.63, 3.8) is 0 Å². The van der Waals surface area contributed by atoms with E-state index in [0.29, 0.717) is 18.5 Å². The summed E-state index contributed by atoms with van der Waals surface area (Å²) in [6.45, 7) is 6.16. The fraction of sp³-hybridized carbons (Fsp3) is 0.543. The van der Waals surface area contributed by atoms with Gasteiger partial charge in [0, 0.05) is 18.4 Å². The number of rotatable bonds is 23. The standard InChI is InChI=1S/C46H65N7O8/c1-5-6-7-8-15-24-41(55)61-39(30-53(29-33-20-13-10-14-21-33)52-45(58)42(31(2)3)51-46(59)60-4)38(27-32-18-11-9-12-19-32)49-43(56)35(47)28-40(54)50-44(57)37-26-25-34-22-16-17-23-36(34)48-37/h9,11-12,16-19,22-23,25-26,31,33,35,38-39,42H,5-8,10,13-15,20-21,24,27-30,47H2,1-4H3,(H,49,56)(H,51,59)(H,52,58)(H,50,54,57). The number of nitrogens with two attached hydrogens (primary N) is 1. The lowest BCUT2D eigenvalue weighted by Gasteiger charge is -2.36. The van der Waals surface area contributed by atoms with Crippen LogP contribution in [0.2, 0.25) is 0 Å². The molecule has 0 radical (unpaired) electrons. The molecule has 0 aliphatic heterocycles. The van der Waals surface area contributed by atoms with Crippen LogP contribution in [0.4, 0.5) is 4.79 Å². The molecule has 5 amide bonds. The molecule has 15 heteroatoms. The van der Waals surface area contributed by atoms with E-state index < -0.39 is 66.3 Å². The number of benzene rings is 2. The van der Waals surface area contributed by atoms with E-state index in [1.54, 1.807) is 23.2 Å². The quantitative estimate of drug-likeness (QED) is 0.0457. The average molecular weight is 844 g/mol. The molecule has 61 heavy (non-hydrogen) atoms. The molecule has 332 valence electrons. The highest BCUT2D eigenvalue weighted by molar-refractivity contribution is 6.05. The third-order valence-electron chi connectivity index (χ3n) is 10.9. The van der Waals surface area contributed by atoms with Gasteiger partial charge in [0.2, 0.25) is 11.8 Å². The maximum absolute atomic E-state index is 13.9. The SMILES string of the molecule is CCCCCCCC(=O)OC(CN(CC1CCCCC1)NC(=O)C(NC(=O)OC)C(C)C)C(Cc1ccccc1)NC(=O)C(N)CC(=O)NC(=O)c1ccc2ccccc2n1. The van der Waals surface area contributed by atoms with Crippen molar-refractivity contribution in [3.05, 3.63) is 78.0 Å². The topological polar surface area (TPSA) is 211 Å². The van der Waals surface area contributed by atoms with Crippen LogP contribution in [0, 0.1) is 11.8 Å². The first-order chi connectivity index (χ1) is 29.4. The molecule has 1 heterocycles. The smallest absolute Gasteiger partial charge is 0.407 e. The number of nitrogens with one attached hydrogen (secondary N) is 4. The van der Waals surface area contributed by atoms with Crippen molar-refractivity contribution in [1.29, 1.82) is 0 Å². The van der Waals surface area contributed by atoms with Crippen molar-refractivity contribution < 1.29 is 38.2 Å². The molecule has 2 aromatic carbocycles. The summed E-state index contributed by atoms with van der Waals surface area (Å²) in [5, 5.41) is 10.4. The molecule has 6 N–H and O–H groups in total. The molecule has 1 aliphatic carbocycles. The number of unbranched alkanes of at least 4 members (excludes halogenated alkanes) is 4. The van der Waals surface area contributed by atoms with Gasteiger partial charge in [-0.05, 0) is 55.2 Å². The van der Waals surface area contributed by atoms with Gasteiger partial charge in [0.1, 0.15) is 17.8 Å². The van der Waals surface area contributed by atoms with Gasteiger partial charge in [0.05, 0.1) is 37.7 Å². The number of ether oxygens (including phenoxy) is 2. The van der Waals surface area contributed by atoms with Gasteiger partial charge in [-0.15, -0.1) is 0 Å². The number of carbonyl (C=O) groups excluding carboxylic acids is 6. The van der Waals surface area contributed by atoms with Gasteiger partial charge in [-0.3, -0.25) is 34.7 Å². The van der Waals surface area contributed by atoms with Gasteiger partial charge in [-0.2, -0.15) is 0 Å². The minimum absolute atomic E-state index is 0.00633. The maximum Gasteiger partial charge on any atom is 0.407 e. The first kappa shape index (κ1) is 48.3. The van der Waals surface area contributed by atoms with E-state index >= 15 is 0 Å². The highest BCUT2D eigenvalue weighted by Crippen LogP contribution is 2.25. The number of alkyl carbamates (subject to hydrolysis) is 1. The van der Waals surface area contributed by atoms with Crippen LogP contribution in [0.1, 0.15) is 114 Å². The molecule has 15 nitrogen and oxygen atoms in total. The van der Waals surface area contributed by atoms with Crippen LogP contribution >= 0.6 is 0 Å². The number of pyridine rings is 1. The number of aromatic nitrogens is 1. The van der Waals surface area contributed by atoms with E-state index in [1.807, 2.05) is 56.3 Å². The van der Waals surface area contributed by atoms with Crippen molar-refractivity contribution in [2.45, 2.75) is 128 Å². The van der Waals surface area contributed by atoms with Gasteiger partial charge < -0.3 is 25.8 Å². The Morgan fingerprint density at radius 2 is 1.56 bits per heavy atom. The van der Waals surface area contributed by atoms with Crippen LogP contribution in [0.15, 0.2) is 66.7 Å². The Balaban J connectivity index is 1.59. The van der Waals surface area contributed by atoms with E-state index in [1.165, 1.54) is 13.2 Å². The van der Waals surface area contributed by atoms with Crippen LogP contribution in [-0.2, 0) is 35.1 Å². The number of methoxy groups -OCH3 is 1. The summed E-state index contributed by atoms with van der Waals surface area (Å²) in [4.78, 5) is 84.1. The highest BCUT2D eigenvalue weighted by atomic mass is 16.5. The Kier molecular flexibility index (Phi) is 20.1. The minimum Gasteiger partial charge on any atom is -0.459 e. The zero-order valence-corrected chi connectivity index (χ0v) is 36.2. The molecule has 0 bridgehead atoms. The molecule has 1 aliphatic rings. The predicted molar refractivity (Wildman–Crippen MR) is 233 cm³/mol. The van der Waals surface area contributed by atoms with Gasteiger partial charge in [0.15, 0.2) is 0 Å². The van der Waals surface area contributed by atoms with Crippen LogP contribution in [-0.4, -0.2) is 90.1 Å². The fourth-order valence-corrected chi connectivity index (χ4v) is 7.52. The van der Waals surface area contributed by atoms with Gasteiger partial charge in [-0.1, -0.05) is 120 Å². The Morgan fingerprint density at radius 3 is 2.26 bits per heavy atom. The molecular weight excluding hydrogens is 779 g/mol. The van der Waals surface area contributed by atoms with E-state index in [0.717, 1.165) is 68.7 Å². The number of hydrogen-bond acceptors (Lipinski definition) is 11. The van der Waals surface area contributed by atoms with Gasteiger partial charge >= 0.3 is 12.1 Å². The lowest BCUT2D eigenvalue weighted by Crippen LogP contribution is -2.60. The third kappa shape index (κ3) is 16.5. The van der Waals surface area contributed by atoms with Crippen molar-refractivity contribution >= 4 is 46.6 Å². The van der Waals surface area contributed by atoms with Crippen molar-refractivity contribution in [2.75, 3.05) is 20.2 Å². The van der Waals surface area contributed by atoms with Crippen molar-refractivity contribution in [3.8, 4) is 0 Å². The number of amides is 5. The van der Waals surface area contributed by atoms with Crippen molar-refractivity contribution in [1.82, 2.24) is 31.4 Å². The van der Waals surface area contributed by atoms with E-state index in [9.17, 15) is 28.8 Å². The number of imide groups is 1. The lowest BCUT2D eigenvalue weighted by molar-refractivity contribution is -0.154. The number of carbonyl (C=O) groups is 6. The Bertz CT molecular complexity index is 1890. The first-order valence-electron chi connectivity index (χ1n) is 21.8. The van der Waals surface area contributed by atoms with Crippen LogP contribution in [0.5, 0.6) is 0 Å². The molecule has 1 aromatic heterocycles. The molecule has 4 rings (SSSR count). The lowest BCUT2D eigenvalue weighted by atomic mass is 9.89. The average Bonchev–Trinajstić information content (AvgIpc) is 3.25. The van der Waals surface area contributed by atoms with E-state index in [2.05, 4.69) is 33.3 Å². The predicted octanol–water partition coefficient (Wildman–Crippen LogP) is 5.50. The molecule has 4 atom stereocenters. The summed E-state index contributed by atoms with van der Waals surface area (Å²) in [6.07, 6.45) is 7.85. The highest BCUT2D eigenvalue weighted by Gasteiger charge is 2.34. The molecule has 1 fully saturated rings. The van der Waals surface area contributed by atoms with Crippen LogP contribution in [0.25, 0.3) is 10.9 Å². The molecule has 0 spiro atoms. The Labute approximate surface area is 359 Å². The third-order valence-corrected chi connectivity index (χ3v) is 10.9. The van der Waals surface area contributed by atoms with Gasteiger partial charge in [-0.25, -0.2) is 14.8 Å². The fourth-order valence-electron chi connectivity index (χ4n) is 7.52. The number of hydrogen-bond donors (Lipinski definition) is 5. The second kappa shape index (κ2) is 25.4. The summed E-state index contributed by atoms with van der Waals surface area (Å²) in [5.41, 5.74) is 10.8. The van der Waals surface area contributed by atoms with Crippen molar-refractivity contribution in [2.24, 2.45) is 17.6 Å². The summed E-state index contributed by atoms with van der Waals surface area (Å²) in [6, 6.07) is 16.7. The summed E-state index contributed by atoms with van der Waals surface area (Å²) in [5.74, 6) is -3.17. The van der Waals surface area contributed by atoms with E-state index in [4.69, 9.17) is 15.2 Å². The normalized spacial score (nSPS) is 15.0. The zero-order chi connectivity index (χ0) is 44.1. The van der Waals surface area contributed by atoms with Gasteiger partial charge in [0.25, 0.3) is 11.8 Å². The van der Waals surface area contributed by atoms with Crippen LogP contribution in [0.3, 0.4) is 0 Å². The summed E-state index contributed by atoms with van der Waals surface area (Å²) < 4.78 is 11.1. The second-order valence-corrected chi connectivity index (χ2v) is 16.3. The maximum atomic E-state index is 13.9. The van der Waals surface area contributed by atoms with Crippen LogP contribution < -0.4 is 27.1 Å². The second-order valence-electron chi connectivity index (χ2n) is 16.3. The summed E-state index contributed by atoms with van der Waals surface area (Å²) >= 11 is 0. The number of para-hydroxylation sites is 1. The Morgan fingerprint density at radius 1 is 0.852 bits per heavy atom. The Hall–Kier alpha value is -5.41. The first-order valence-corrected chi connectivity index (χ1v) is 21.8. The molecule has 1 saturated carbocycles. The number of hydrazine groups is 1. The zero-order valence-electron chi connectivity index (χ0n) is 36.2. The van der Waals surface area contributed by atoms with E-state index in [-0.39, 0.29) is 36.9 Å². The molecule has 4 unspecified atom stereocenters. The molecule has 0 saturated heterocycles. The number of nitrogens with zero attached hydrogens (tertiary/aromatic N) is 2. The molecule has 3 aromatic rings.